The highest BCUT2D eigenvalue weighted by Crippen LogP contribution is 2.16. The Balaban J connectivity index is 1.36. The first kappa shape index (κ1) is 21.7. The molecule has 29 heavy (non-hydrogen) atoms. The molecule has 1 aliphatic rings. The first-order valence-corrected chi connectivity index (χ1v) is 11.8. The van der Waals surface area contributed by atoms with E-state index in [0.717, 1.165) is 55.2 Å². The van der Waals surface area contributed by atoms with Crippen molar-refractivity contribution in [2.75, 3.05) is 30.7 Å². The third kappa shape index (κ3) is 7.05. The van der Waals surface area contributed by atoms with Gasteiger partial charge < -0.3 is 15.5 Å². The smallest absolute Gasteiger partial charge is 0.253 e. The van der Waals surface area contributed by atoms with Gasteiger partial charge in [0.25, 0.3) is 5.91 Å². The van der Waals surface area contributed by atoms with Crippen LogP contribution in [0.15, 0.2) is 48.5 Å². The Kier molecular flexibility index (Phi) is 8.38. The molecule has 1 amide bonds. The predicted octanol–water partition coefficient (Wildman–Crippen LogP) is 4.84. The van der Waals surface area contributed by atoms with Crippen LogP contribution in [-0.2, 0) is 5.75 Å². The summed E-state index contributed by atoms with van der Waals surface area (Å²) >= 11 is 7.27. The molecule has 0 spiro atoms. The molecular weight excluding hydrogens is 398 g/mol. The molecule has 0 aromatic heterocycles. The summed E-state index contributed by atoms with van der Waals surface area (Å²) in [4.78, 5) is 14.5. The van der Waals surface area contributed by atoms with Gasteiger partial charge in [-0.2, -0.15) is 11.8 Å². The number of amides is 1. The molecule has 0 bridgehead atoms. The van der Waals surface area contributed by atoms with Crippen LogP contribution in [0.5, 0.6) is 0 Å². The van der Waals surface area contributed by atoms with Crippen molar-refractivity contribution in [3.63, 3.8) is 0 Å². The first-order valence-electron chi connectivity index (χ1n) is 10.2. The van der Waals surface area contributed by atoms with E-state index in [-0.39, 0.29) is 5.91 Å². The molecule has 3 rings (SSSR count). The van der Waals surface area contributed by atoms with Gasteiger partial charge in [0.1, 0.15) is 0 Å². The third-order valence-electron chi connectivity index (χ3n) is 4.92. The highest BCUT2D eigenvalue weighted by molar-refractivity contribution is 7.98. The van der Waals surface area contributed by atoms with E-state index in [2.05, 4.69) is 41.8 Å². The Bertz CT molecular complexity index is 817. The standard InChI is InChI=1S/C23H29N3OS2/c1-18-6-5-7-19(16-18)17-29-15-12-24-23(28)25-21-10-8-20(9-11-21)22(27)26-13-3-2-4-14-26/h5-11,16H,2-4,12-15,17H2,1H3,(H2,24,25,28). The van der Waals surface area contributed by atoms with Gasteiger partial charge in [0.15, 0.2) is 5.11 Å². The molecule has 1 saturated heterocycles. The molecule has 1 heterocycles. The molecule has 2 aromatic rings. The normalized spacial score (nSPS) is 13.8. The topological polar surface area (TPSA) is 44.4 Å². The minimum absolute atomic E-state index is 0.127. The minimum Gasteiger partial charge on any atom is -0.362 e. The van der Waals surface area contributed by atoms with E-state index < -0.39 is 0 Å². The van der Waals surface area contributed by atoms with E-state index in [1.807, 2.05) is 40.9 Å². The van der Waals surface area contributed by atoms with Crippen LogP contribution in [0.4, 0.5) is 5.69 Å². The summed E-state index contributed by atoms with van der Waals surface area (Å²) in [5.41, 5.74) is 4.29. The summed E-state index contributed by atoms with van der Waals surface area (Å²) in [6, 6.07) is 16.2. The van der Waals surface area contributed by atoms with Gasteiger partial charge in [-0.15, -0.1) is 0 Å². The zero-order chi connectivity index (χ0) is 20.5. The van der Waals surface area contributed by atoms with Crippen molar-refractivity contribution >= 4 is 40.7 Å². The van der Waals surface area contributed by atoms with Gasteiger partial charge in [-0.05, 0) is 68.2 Å². The molecular formula is C23H29N3OS2. The molecule has 2 N–H and O–H groups in total. The van der Waals surface area contributed by atoms with Gasteiger partial charge >= 0.3 is 0 Å². The van der Waals surface area contributed by atoms with Gasteiger partial charge in [0.05, 0.1) is 0 Å². The molecule has 2 aromatic carbocycles. The van der Waals surface area contributed by atoms with Crippen LogP contribution in [0, 0.1) is 6.92 Å². The molecule has 4 nitrogen and oxygen atoms in total. The summed E-state index contributed by atoms with van der Waals surface area (Å²) < 4.78 is 0. The Hall–Kier alpha value is -2.05. The van der Waals surface area contributed by atoms with Gasteiger partial charge in [-0.3, -0.25) is 4.79 Å². The van der Waals surface area contributed by atoms with Crippen LogP contribution in [0.25, 0.3) is 0 Å². The van der Waals surface area contributed by atoms with Gasteiger partial charge in [-0.25, -0.2) is 0 Å². The zero-order valence-electron chi connectivity index (χ0n) is 16.9. The molecule has 0 aliphatic carbocycles. The maximum Gasteiger partial charge on any atom is 0.253 e. The largest absolute Gasteiger partial charge is 0.362 e. The lowest BCUT2D eigenvalue weighted by Crippen LogP contribution is -2.35. The molecule has 6 heteroatoms. The molecule has 0 radical (unpaired) electrons. The summed E-state index contributed by atoms with van der Waals surface area (Å²) in [5.74, 6) is 2.12. The Morgan fingerprint density at radius 3 is 2.59 bits per heavy atom. The van der Waals surface area contributed by atoms with E-state index in [1.165, 1.54) is 17.5 Å². The molecule has 1 fully saturated rings. The van der Waals surface area contributed by atoms with Crippen molar-refractivity contribution in [2.45, 2.75) is 31.9 Å². The van der Waals surface area contributed by atoms with Crippen molar-refractivity contribution in [2.24, 2.45) is 0 Å². The summed E-state index contributed by atoms with van der Waals surface area (Å²) in [6.45, 7) is 4.67. The number of thiocarbonyl (C=S) groups is 1. The van der Waals surface area contributed by atoms with Crippen molar-refractivity contribution in [1.82, 2.24) is 10.2 Å². The monoisotopic (exact) mass is 427 g/mol. The Labute approximate surface area is 183 Å². The maximum atomic E-state index is 12.5. The number of aryl methyl sites for hydroxylation is 1. The van der Waals surface area contributed by atoms with E-state index >= 15 is 0 Å². The number of nitrogens with zero attached hydrogens (tertiary/aromatic N) is 1. The zero-order valence-corrected chi connectivity index (χ0v) is 18.6. The number of thioether (sulfide) groups is 1. The van der Waals surface area contributed by atoms with E-state index in [0.29, 0.717) is 5.11 Å². The van der Waals surface area contributed by atoms with Gasteiger partial charge in [-0.1, -0.05) is 29.8 Å². The number of nitrogens with one attached hydrogen (secondary N) is 2. The Morgan fingerprint density at radius 1 is 1.10 bits per heavy atom. The number of carbonyl (C=O) groups is 1. The Morgan fingerprint density at radius 2 is 1.86 bits per heavy atom. The van der Waals surface area contributed by atoms with Crippen LogP contribution in [0.1, 0.15) is 40.7 Å². The fourth-order valence-electron chi connectivity index (χ4n) is 3.38. The first-order chi connectivity index (χ1) is 14.1. The summed E-state index contributed by atoms with van der Waals surface area (Å²) in [7, 11) is 0. The minimum atomic E-state index is 0.127. The maximum absolute atomic E-state index is 12.5. The van der Waals surface area contributed by atoms with Gasteiger partial charge in [0.2, 0.25) is 0 Å². The number of hydrogen-bond donors (Lipinski definition) is 2. The average molecular weight is 428 g/mol. The number of hydrogen-bond acceptors (Lipinski definition) is 3. The van der Waals surface area contributed by atoms with Crippen LogP contribution in [0.2, 0.25) is 0 Å². The van der Waals surface area contributed by atoms with E-state index in [1.54, 1.807) is 0 Å². The quantitative estimate of drug-likeness (QED) is 0.489. The second kappa shape index (κ2) is 11.2. The highest BCUT2D eigenvalue weighted by Gasteiger charge is 2.17. The fraction of sp³-hybridized carbons (Fsp3) is 0.391. The molecule has 0 saturated carbocycles. The number of rotatable bonds is 7. The number of benzene rings is 2. The van der Waals surface area contributed by atoms with Crippen molar-refractivity contribution in [3.05, 3.63) is 65.2 Å². The highest BCUT2D eigenvalue weighted by atomic mass is 32.2. The van der Waals surface area contributed by atoms with Crippen LogP contribution >= 0.6 is 24.0 Å². The van der Waals surface area contributed by atoms with E-state index in [4.69, 9.17) is 12.2 Å². The average Bonchev–Trinajstić information content (AvgIpc) is 2.74. The third-order valence-corrected chi connectivity index (χ3v) is 6.19. The molecule has 0 unspecified atom stereocenters. The number of likely N-dealkylation sites (tertiary alicyclic amines) is 1. The number of anilines is 1. The SMILES string of the molecule is Cc1cccc(CSCCNC(=S)Nc2ccc(C(=O)N3CCCCC3)cc2)c1. The molecule has 0 atom stereocenters. The second-order valence-corrected chi connectivity index (χ2v) is 8.87. The summed E-state index contributed by atoms with van der Waals surface area (Å²) in [5, 5.41) is 7.04. The van der Waals surface area contributed by atoms with Crippen molar-refractivity contribution in [1.29, 1.82) is 0 Å². The van der Waals surface area contributed by atoms with Crippen LogP contribution in [-0.4, -0.2) is 41.3 Å². The van der Waals surface area contributed by atoms with Crippen LogP contribution in [0.3, 0.4) is 0 Å². The molecule has 154 valence electrons. The van der Waals surface area contributed by atoms with Gasteiger partial charge in [0, 0.05) is 42.4 Å². The van der Waals surface area contributed by atoms with Crippen molar-refractivity contribution < 1.29 is 4.79 Å². The molecule has 1 aliphatic heterocycles. The van der Waals surface area contributed by atoms with Crippen molar-refractivity contribution in [3.8, 4) is 0 Å². The predicted molar refractivity (Wildman–Crippen MR) is 128 cm³/mol. The number of piperidine rings is 1. The lowest BCUT2D eigenvalue weighted by Gasteiger charge is -2.26. The van der Waals surface area contributed by atoms with E-state index in [9.17, 15) is 4.79 Å². The second-order valence-electron chi connectivity index (χ2n) is 7.35. The number of carbonyl (C=O) groups excluding carboxylic acids is 1. The lowest BCUT2D eigenvalue weighted by atomic mass is 10.1. The van der Waals surface area contributed by atoms with Crippen LogP contribution < -0.4 is 10.6 Å². The fourth-order valence-corrected chi connectivity index (χ4v) is 4.41. The summed E-state index contributed by atoms with van der Waals surface area (Å²) in [6.07, 6.45) is 3.44. The lowest BCUT2D eigenvalue weighted by molar-refractivity contribution is 0.0724.